The average molecular weight is 673 g/mol. The minimum absolute atomic E-state index is 0.276. The first-order valence-electron chi connectivity index (χ1n) is 16.1. The van der Waals surface area contributed by atoms with Crippen molar-refractivity contribution in [3.05, 3.63) is 159 Å². The van der Waals surface area contributed by atoms with Gasteiger partial charge in [0.25, 0.3) is 0 Å². The molecule has 0 amide bonds. The van der Waals surface area contributed by atoms with Gasteiger partial charge < -0.3 is 18.9 Å². The van der Waals surface area contributed by atoms with Crippen molar-refractivity contribution >= 4 is 37.1 Å². The number of hydrogen-bond donors (Lipinski definition) is 0. The molecule has 4 aromatic rings. The van der Waals surface area contributed by atoms with E-state index in [0.717, 1.165) is 23.0 Å². The van der Waals surface area contributed by atoms with E-state index in [4.69, 9.17) is 18.9 Å². The molecule has 0 spiro atoms. The summed E-state index contributed by atoms with van der Waals surface area (Å²) >= 11 is 0. The largest absolute Gasteiger partial charge is 0.497 e. The fraction of sp³-hybridized carbons (Fsp3) is 0.190. The second-order valence-electron chi connectivity index (χ2n) is 11.7. The van der Waals surface area contributed by atoms with Crippen LogP contribution in [0, 0.1) is 62.2 Å². The van der Waals surface area contributed by atoms with Crippen LogP contribution in [0.3, 0.4) is 0 Å². The summed E-state index contributed by atoms with van der Waals surface area (Å²) in [5.41, 5.74) is 0.570. The van der Waals surface area contributed by atoms with Gasteiger partial charge in [-0.05, 0) is 159 Å². The monoisotopic (exact) mass is 672 g/mol. The summed E-state index contributed by atoms with van der Waals surface area (Å²) in [5.74, 6) is 8.75. The Kier molecular flexibility index (Phi) is 11.7. The molecule has 4 nitrogen and oxygen atoms in total. The van der Waals surface area contributed by atoms with Gasteiger partial charge in [0.1, 0.15) is 23.0 Å². The van der Waals surface area contributed by atoms with Crippen molar-refractivity contribution < 1.29 is 18.9 Å². The highest BCUT2D eigenvalue weighted by Gasteiger charge is 2.46. The lowest BCUT2D eigenvalue weighted by Gasteiger charge is -2.35. The van der Waals surface area contributed by atoms with Crippen LogP contribution in [0.1, 0.15) is 13.8 Å². The van der Waals surface area contributed by atoms with Gasteiger partial charge in [-0.3, -0.25) is 0 Å². The fourth-order valence-electron chi connectivity index (χ4n) is 6.40. The van der Waals surface area contributed by atoms with Crippen LogP contribution in [0.4, 0.5) is 0 Å². The van der Waals surface area contributed by atoms with E-state index in [1.165, 1.54) is 44.9 Å². The Hall–Kier alpha value is -3.06. The van der Waals surface area contributed by atoms with E-state index in [1.807, 2.05) is 0 Å². The van der Waals surface area contributed by atoms with Crippen molar-refractivity contribution in [3.8, 4) is 23.0 Å². The smallest absolute Gasteiger partial charge is 0.118 e. The fourth-order valence-corrected chi connectivity index (χ4v) is 11.6. The van der Waals surface area contributed by atoms with E-state index in [9.17, 15) is 0 Å². The van der Waals surface area contributed by atoms with Crippen molar-refractivity contribution in [2.24, 2.45) is 0 Å². The summed E-state index contributed by atoms with van der Waals surface area (Å²) in [6.07, 6.45) is 13.8. The Morgan fingerprint density at radius 1 is 0.438 bits per heavy atom. The van der Waals surface area contributed by atoms with Crippen LogP contribution in [0.25, 0.3) is 0 Å². The minimum Gasteiger partial charge on any atom is -0.497 e. The maximum atomic E-state index is 5.49. The Morgan fingerprint density at radius 2 is 0.812 bits per heavy atom. The Morgan fingerprint density at radius 3 is 1.19 bits per heavy atom. The van der Waals surface area contributed by atoms with Crippen LogP contribution in [0.15, 0.2) is 97.1 Å². The predicted octanol–water partition coefficient (Wildman–Crippen LogP) is 7.61. The highest BCUT2D eigenvalue weighted by atomic mass is 31.1. The first-order chi connectivity index (χ1) is 23.4. The summed E-state index contributed by atoms with van der Waals surface area (Å²) in [6, 6.07) is 34.3. The second kappa shape index (κ2) is 16.1. The molecular weight excluding hydrogens is 630 g/mol. The quantitative estimate of drug-likeness (QED) is 0.137. The summed E-state index contributed by atoms with van der Waals surface area (Å²) in [4.78, 5) is 0. The molecule has 244 valence electrons. The predicted molar refractivity (Wildman–Crippen MR) is 202 cm³/mol. The maximum Gasteiger partial charge on any atom is 0.118 e. The molecule has 2 fully saturated rings. The topological polar surface area (TPSA) is 36.9 Å². The van der Waals surface area contributed by atoms with E-state index in [-0.39, 0.29) is 5.66 Å². The molecule has 6 rings (SSSR count). The van der Waals surface area contributed by atoms with Crippen LogP contribution in [0.5, 0.6) is 23.0 Å². The molecule has 2 aliphatic rings. The first kappa shape index (κ1) is 34.8. The van der Waals surface area contributed by atoms with Crippen LogP contribution < -0.4 is 40.2 Å². The first-order valence-corrected chi connectivity index (χ1v) is 18.9. The van der Waals surface area contributed by atoms with Crippen LogP contribution in [-0.4, -0.2) is 39.8 Å². The molecule has 0 N–H and O–H groups in total. The van der Waals surface area contributed by atoms with Crippen molar-refractivity contribution in [1.29, 1.82) is 0 Å². The number of methoxy groups -OCH3 is 4. The van der Waals surface area contributed by atoms with E-state index in [0.29, 0.717) is 5.66 Å². The number of hydrogen-bond acceptors (Lipinski definition) is 4. The molecular formula is C42H42O4P2. The number of benzene rings is 4. The Bertz CT molecular complexity index is 1480. The molecule has 0 bridgehead atoms. The lowest BCUT2D eigenvalue weighted by atomic mass is 9.81. The van der Waals surface area contributed by atoms with E-state index in [2.05, 4.69) is 149 Å². The van der Waals surface area contributed by atoms with Gasteiger partial charge in [-0.2, -0.15) is 0 Å². The van der Waals surface area contributed by atoms with Gasteiger partial charge in [0, 0.05) is 0 Å². The standard InChI is InChI=1S/C42H42O4P2/c1-29(47(37-20-12-33(43-3)13-21-37)38-22-14-34(44-4)15-23-38)31-10-11-32(28-31)42-9-7-8-41(42)30(2)48(39-24-16-35(45-5)17-25-39)40-26-18-36(46-6)19-27-40/h7-30H,1-6H3/t29-,30-/m0/s1. The van der Waals surface area contributed by atoms with Crippen LogP contribution in [0.2, 0.25) is 0 Å². The SMILES string of the molecule is COc1ccc(P(c2ccc(OC)cc2)[C@@H](C)[C]2[CH][CH][C]([C]3[CH][CH][CH][C]3[C@H](C)P(c3ccc(OC)cc3)c3ccc(OC)cc3)[CH]2)cc1. The molecule has 0 saturated heterocycles. The molecule has 4 aromatic carbocycles. The van der Waals surface area contributed by atoms with E-state index >= 15 is 0 Å². The third-order valence-electron chi connectivity index (χ3n) is 9.05. The van der Waals surface area contributed by atoms with Gasteiger partial charge >= 0.3 is 0 Å². The maximum absolute atomic E-state index is 5.49. The third kappa shape index (κ3) is 7.56. The zero-order chi connectivity index (χ0) is 33.6. The van der Waals surface area contributed by atoms with Gasteiger partial charge in [0.05, 0.1) is 28.4 Å². The molecule has 6 heteroatoms. The molecule has 2 atom stereocenters. The molecule has 0 aromatic heterocycles. The van der Waals surface area contributed by atoms with Crippen molar-refractivity contribution in [1.82, 2.24) is 0 Å². The normalized spacial score (nSPS) is 17.6. The zero-order valence-electron chi connectivity index (χ0n) is 28.4. The molecule has 0 aliphatic heterocycles. The highest BCUT2D eigenvalue weighted by molar-refractivity contribution is 7.74. The Labute approximate surface area is 291 Å². The highest BCUT2D eigenvalue weighted by Crippen LogP contribution is 2.58. The third-order valence-corrected chi connectivity index (χ3v) is 14.6. The number of rotatable bonds is 13. The van der Waals surface area contributed by atoms with Gasteiger partial charge in [-0.15, -0.1) is 0 Å². The second-order valence-corrected chi connectivity index (χ2v) is 16.8. The van der Waals surface area contributed by atoms with Gasteiger partial charge in [0.2, 0.25) is 0 Å². The summed E-state index contributed by atoms with van der Waals surface area (Å²) in [7, 11) is 5.44. The van der Waals surface area contributed by atoms with Crippen LogP contribution >= 0.6 is 15.8 Å². The molecule has 48 heavy (non-hydrogen) atoms. The molecule has 0 unspecified atom stereocenters. The van der Waals surface area contributed by atoms with Gasteiger partial charge in [0.15, 0.2) is 0 Å². The van der Waals surface area contributed by atoms with Crippen molar-refractivity contribution in [3.63, 3.8) is 0 Å². The zero-order valence-corrected chi connectivity index (χ0v) is 30.2. The minimum atomic E-state index is -0.718. The number of ether oxygens (including phenoxy) is 4. The Balaban J connectivity index is 1.23. The molecule has 2 aliphatic carbocycles. The van der Waals surface area contributed by atoms with Gasteiger partial charge in [-0.1, -0.05) is 62.4 Å². The lowest BCUT2D eigenvalue weighted by Crippen LogP contribution is -2.28. The summed E-state index contributed by atoms with van der Waals surface area (Å²) in [5, 5.41) is 5.27. The summed E-state index contributed by atoms with van der Waals surface area (Å²) in [6.45, 7) is 4.73. The van der Waals surface area contributed by atoms with Crippen molar-refractivity contribution in [2.45, 2.75) is 25.2 Å². The average Bonchev–Trinajstić information content (AvgIpc) is 3.84. The van der Waals surface area contributed by atoms with Gasteiger partial charge in [-0.25, -0.2) is 0 Å². The van der Waals surface area contributed by atoms with E-state index in [1.54, 1.807) is 28.4 Å². The van der Waals surface area contributed by atoms with Crippen LogP contribution in [-0.2, 0) is 0 Å². The summed E-state index contributed by atoms with van der Waals surface area (Å²) < 4.78 is 21.9. The lowest BCUT2D eigenvalue weighted by molar-refractivity contribution is 0.415. The van der Waals surface area contributed by atoms with E-state index < -0.39 is 15.8 Å². The molecule has 10 radical (unpaired) electrons. The van der Waals surface area contributed by atoms with Crippen molar-refractivity contribution in [2.75, 3.05) is 28.4 Å². The molecule has 2 saturated carbocycles. The molecule has 0 heterocycles.